The van der Waals surface area contributed by atoms with E-state index in [9.17, 15) is 9.59 Å². The average molecular weight is 465 g/mol. The number of rotatable bonds is 7. The summed E-state index contributed by atoms with van der Waals surface area (Å²) in [6, 6.07) is 10.1. The Kier molecular flexibility index (Phi) is 7.08. The lowest BCUT2D eigenvalue weighted by Gasteiger charge is -2.32. The van der Waals surface area contributed by atoms with Crippen LogP contribution in [0.1, 0.15) is 62.8 Å². The van der Waals surface area contributed by atoms with Crippen molar-refractivity contribution in [3.63, 3.8) is 0 Å². The molecule has 1 amide bonds. The Hall–Kier alpha value is -2.80. The van der Waals surface area contributed by atoms with E-state index in [2.05, 4.69) is 28.2 Å². The number of benzene rings is 1. The lowest BCUT2D eigenvalue weighted by atomic mass is 9.92. The molecule has 0 aliphatic carbocycles. The van der Waals surface area contributed by atoms with Crippen molar-refractivity contribution in [1.29, 1.82) is 0 Å². The largest absolute Gasteiger partial charge is 0.356 e. The molecule has 2 aromatic heterocycles. The van der Waals surface area contributed by atoms with Gasteiger partial charge in [-0.05, 0) is 61.4 Å². The van der Waals surface area contributed by atoms with E-state index in [-0.39, 0.29) is 17.6 Å². The highest BCUT2D eigenvalue weighted by molar-refractivity contribution is 7.22. The van der Waals surface area contributed by atoms with Crippen molar-refractivity contribution < 1.29 is 9.59 Å². The van der Waals surface area contributed by atoms with Crippen LogP contribution in [0.3, 0.4) is 0 Å². The number of nitrogens with zero attached hydrogens (tertiary/aromatic N) is 3. The van der Waals surface area contributed by atoms with Crippen LogP contribution >= 0.6 is 11.3 Å². The van der Waals surface area contributed by atoms with Crippen LogP contribution in [-0.4, -0.2) is 34.7 Å². The number of Topliss-reactive ketones (excluding diaryl/α,β-unsaturated/α-hetero) is 1. The van der Waals surface area contributed by atoms with E-state index in [1.807, 2.05) is 38.1 Å². The van der Waals surface area contributed by atoms with Gasteiger partial charge in [0.1, 0.15) is 11.6 Å². The van der Waals surface area contributed by atoms with Crippen LogP contribution in [0.4, 0.5) is 10.9 Å². The topological polar surface area (TPSA) is 75.2 Å². The van der Waals surface area contributed by atoms with Crippen molar-refractivity contribution in [2.75, 3.05) is 23.3 Å². The molecule has 3 heterocycles. The third-order valence-corrected chi connectivity index (χ3v) is 7.43. The summed E-state index contributed by atoms with van der Waals surface area (Å²) >= 11 is 1.43. The summed E-state index contributed by atoms with van der Waals surface area (Å²) in [7, 11) is 0. The number of anilines is 2. The van der Waals surface area contributed by atoms with Crippen molar-refractivity contribution in [2.45, 2.75) is 59.3 Å². The third-order valence-electron chi connectivity index (χ3n) is 6.50. The number of pyridine rings is 1. The number of thiazole rings is 1. The Bertz CT molecular complexity index is 1160. The Morgan fingerprint density at radius 1 is 1.18 bits per heavy atom. The zero-order valence-corrected chi connectivity index (χ0v) is 20.7. The molecule has 0 radical (unpaired) electrons. The van der Waals surface area contributed by atoms with Crippen LogP contribution in [0, 0.1) is 12.8 Å². The number of aryl methyl sites for hydroxylation is 2. The van der Waals surface area contributed by atoms with Gasteiger partial charge in [0.05, 0.1) is 10.2 Å². The van der Waals surface area contributed by atoms with Gasteiger partial charge < -0.3 is 10.2 Å². The maximum absolute atomic E-state index is 13.1. The zero-order valence-electron chi connectivity index (χ0n) is 19.9. The molecule has 7 heteroatoms. The van der Waals surface area contributed by atoms with Crippen LogP contribution in [-0.2, 0) is 16.0 Å². The molecule has 1 aliphatic heterocycles. The van der Waals surface area contributed by atoms with Gasteiger partial charge in [-0.15, -0.1) is 0 Å². The molecule has 1 N–H and O–H groups in total. The molecular weight excluding hydrogens is 432 g/mol. The highest BCUT2D eigenvalue weighted by Crippen LogP contribution is 2.31. The lowest BCUT2D eigenvalue weighted by Crippen LogP contribution is -2.34. The number of hydrogen-bond acceptors (Lipinski definition) is 6. The molecule has 6 nitrogen and oxygen atoms in total. The Morgan fingerprint density at radius 2 is 1.94 bits per heavy atom. The van der Waals surface area contributed by atoms with Crippen LogP contribution < -0.4 is 10.2 Å². The SMILES string of the molecule is CC(=O)Nc1nc2ccc(C(C)C(=O)CCc3ccc(C)nc3N3CCC(C)CC3)cc2s1. The van der Waals surface area contributed by atoms with Crippen molar-refractivity contribution >= 4 is 44.2 Å². The lowest BCUT2D eigenvalue weighted by molar-refractivity contribution is -0.120. The van der Waals surface area contributed by atoms with Gasteiger partial charge in [-0.25, -0.2) is 9.97 Å². The van der Waals surface area contributed by atoms with Gasteiger partial charge >= 0.3 is 0 Å². The summed E-state index contributed by atoms with van der Waals surface area (Å²) in [6.07, 6.45) is 3.57. The molecule has 1 fully saturated rings. The molecule has 4 rings (SSSR count). The molecule has 33 heavy (non-hydrogen) atoms. The summed E-state index contributed by atoms with van der Waals surface area (Å²) in [4.78, 5) is 36.1. The monoisotopic (exact) mass is 464 g/mol. The molecule has 1 unspecified atom stereocenters. The number of ketones is 1. The number of nitrogens with one attached hydrogen (secondary N) is 1. The molecule has 3 aromatic rings. The quantitative estimate of drug-likeness (QED) is 0.500. The number of aromatic nitrogens is 2. The molecule has 0 spiro atoms. The first-order valence-corrected chi connectivity index (χ1v) is 12.5. The fourth-order valence-corrected chi connectivity index (χ4v) is 5.30. The van der Waals surface area contributed by atoms with Gasteiger partial charge in [0.15, 0.2) is 5.13 Å². The number of carbonyl (C=O) groups excluding carboxylic acids is 2. The van der Waals surface area contributed by atoms with Crippen molar-refractivity contribution in [1.82, 2.24) is 9.97 Å². The van der Waals surface area contributed by atoms with E-state index in [1.165, 1.54) is 31.1 Å². The average Bonchev–Trinajstić information content (AvgIpc) is 3.18. The van der Waals surface area contributed by atoms with Gasteiger partial charge in [0.2, 0.25) is 5.91 Å². The summed E-state index contributed by atoms with van der Waals surface area (Å²) in [5.41, 5.74) is 3.99. The Balaban J connectivity index is 1.45. The number of carbonyl (C=O) groups is 2. The number of piperidine rings is 1. The predicted molar refractivity (Wildman–Crippen MR) is 135 cm³/mol. The highest BCUT2D eigenvalue weighted by atomic mass is 32.1. The van der Waals surface area contributed by atoms with Gasteiger partial charge in [-0.2, -0.15) is 0 Å². The summed E-state index contributed by atoms with van der Waals surface area (Å²) in [5.74, 6) is 1.71. The van der Waals surface area contributed by atoms with E-state index in [4.69, 9.17) is 4.98 Å². The first kappa shape index (κ1) is 23.4. The first-order valence-electron chi connectivity index (χ1n) is 11.7. The second-order valence-electron chi connectivity index (χ2n) is 9.22. The molecule has 1 aromatic carbocycles. The van der Waals surface area contributed by atoms with Crippen molar-refractivity contribution in [3.8, 4) is 0 Å². The molecule has 1 saturated heterocycles. The van der Waals surface area contributed by atoms with Gasteiger partial charge in [-0.3, -0.25) is 9.59 Å². The second-order valence-corrected chi connectivity index (χ2v) is 10.3. The van der Waals surface area contributed by atoms with Gasteiger partial charge in [0.25, 0.3) is 0 Å². The van der Waals surface area contributed by atoms with Crippen LogP contribution in [0.2, 0.25) is 0 Å². The molecule has 1 aliphatic rings. The second kappa shape index (κ2) is 10.00. The van der Waals surface area contributed by atoms with Crippen molar-refractivity contribution in [3.05, 3.63) is 47.2 Å². The predicted octanol–water partition coefficient (Wildman–Crippen LogP) is 5.50. The number of fused-ring (bicyclic) bond motifs is 1. The minimum atomic E-state index is -0.196. The fourth-order valence-electron chi connectivity index (χ4n) is 4.34. The number of hydrogen-bond donors (Lipinski definition) is 1. The van der Waals surface area contributed by atoms with Crippen LogP contribution in [0.25, 0.3) is 10.2 Å². The van der Waals surface area contributed by atoms with E-state index in [0.29, 0.717) is 18.0 Å². The smallest absolute Gasteiger partial charge is 0.223 e. The summed E-state index contributed by atoms with van der Waals surface area (Å²) in [6.45, 7) is 9.85. The minimum absolute atomic E-state index is 0.137. The Labute approximate surface area is 199 Å². The van der Waals surface area contributed by atoms with Crippen LogP contribution in [0.5, 0.6) is 0 Å². The molecule has 0 saturated carbocycles. The molecule has 174 valence electrons. The van der Waals surface area contributed by atoms with Crippen molar-refractivity contribution in [2.24, 2.45) is 5.92 Å². The first-order chi connectivity index (χ1) is 15.8. The highest BCUT2D eigenvalue weighted by Gasteiger charge is 2.21. The molecular formula is C26H32N4O2S. The van der Waals surface area contributed by atoms with E-state index in [1.54, 1.807) is 0 Å². The normalized spacial score (nSPS) is 15.6. The summed E-state index contributed by atoms with van der Waals surface area (Å²) in [5, 5.41) is 3.32. The Morgan fingerprint density at radius 3 is 2.67 bits per heavy atom. The maximum atomic E-state index is 13.1. The van der Waals surface area contributed by atoms with Gasteiger partial charge in [-0.1, -0.05) is 37.3 Å². The molecule has 0 bridgehead atoms. The standard InChI is InChI=1S/C26H32N4O2S/c1-16-11-13-30(14-12-16)25-20(6-5-17(2)27-25)8-10-23(32)18(3)21-7-9-22-24(15-21)33-26(29-22)28-19(4)31/h5-7,9,15-16,18H,8,10-14H2,1-4H3,(H,28,29,31). The zero-order chi connectivity index (χ0) is 23.5. The van der Waals surface area contributed by atoms with Gasteiger partial charge in [0, 0.05) is 38.0 Å². The third kappa shape index (κ3) is 5.58. The van der Waals surface area contributed by atoms with E-state index >= 15 is 0 Å². The maximum Gasteiger partial charge on any atom is 0.223 e. The van der Waals surface area contributed by atoms with E-state index in [0.717, 1.165) is 51.9 Å². The molecule has 1 atom stereocenters. The van der Waals surface area contributed by atoms with E-state index < -0.39 is 0 Å². The fraction of sp³-hybridized carbons (Fsp3) is 0.462. The minimum Gasteiger partial charge on any atom is -0.356 e. The van der Waals surface area contributed by atoms with Crippen LogP contribution in [0.15, 0.2) is 30.3 Å². The number of amides is 1. The summed E-state index contributed by atoms with van der Waals surface area (Å²) < 4.78 is 0.972.